The summed E-state index contributed by atoms with van der Waals surface area (Å²) in [5.74, 6) is 1.16. The van der Waals surface area contributed by atoms with E-state index >= 15 is 0 Å². The number of amides is 1. The standard InChI is InChI=1S/C16H16N6S.C7H13NO2/c17-6-9-5-10(7-19-14(9)18)22-15-13-11-3-1-2-4-12(11)23-16(13)21-8-20-15;1-6-3-8(5-9)4-7(2)10-6/h5-8,17H,1-4H2,(H2,18,19)(H,20,21,22);5-7H,3-4H2,1-2H3. The smallest absolute Gasteiger partial charge is 0.209 e. The van der Waals surface area contributed by atoms with Crippen LogP contribution < -0.4 is 11.1 Å². The van der Waals surface area contributed by atoms with Crippen LogP contribution in [0.5, 0.6) is 0 Å². The number of rotatable bonds is 4. The molecule has 1 aliphatic carbocycles. The molecule has 1 amide bonds. The molecule has 1 fully saturated rings. The second kappa shape index (κ2) is 10.2. The maximum Gasteiger partial charge on any atom is 0.209 e. The van der Waals surface area contributed by atoms with Crippen LogP contribution in [0.1, 0.15) is 42.7 Å². The molecule has 4 heterocycles. The molecule has 5 rings (SSSR count). The highest BCUT2D eigenvalue weighted by atomic mass is 32.1. The predicted molar refractivity (Wildman–Crippen MR) is 132 cm³/mol. The minimum atomic E-state index is 0.189. The van der Waals surface area contributed by atoms with Gasteiger partial charge in [0.2, 0.25) is 6.41 Å². The zero-order valence-electron chi connectivity index (χ0n) is 18.9. The normalized spacial score (nSPS) is 19.9. The Labute approximate surface area is 196 Å². The van der Waals surface area contributed by atoms with E-state index < -0.39 is 0 Å². The molecule has 0 spiro atoms. The minimum absolute atomic E-state index is 0.189. The molecule has 0 aromatic carbocycles. The van der Waals surface area contributed by atoms with Crippen molar-refractivity contribution in [1.29, 1.82) is 5.41 Å². The van der Waals surface area contributed by atoms with Gasteiger partial charge in [-0.3, -0.25) is 4.79 Å². The zero-order chi connectivity index (χ0) is 23.4. The molecule has 2 unspecified atom stereocenters. The maximum atomic E-state index is 10.3. The number of morpholine rings is 1. The van der Waals surface area contributed by atoms with Gasteiger partial charge < -0.3 is 26.1 Å². The van der Waals surface area contributed by atoms with Gasteiger partial charge in [0, 0.05) is 29.7 Å². The number of nitrogens with zero attached hydrogens (tertiary/aromatic N) is 4. The summed E-state index contributed by atoms with van der Waals surface area (Å²) in [4.78, 5) is 27.5. The van der Waals surface area contributed by atoms with Crippen LogP contribution in [0.4, 0.5) is 17.3 Å². The molecular weight excluding hydrogens is 438 g/mol. The summed E-state index contributed by atoms with van der Waals surface area (Å²) in [5, 5.41) is 11.8. The van der Waals surface area contributed by atoms with Crippen LogP contribution in [-0.2, 0) is 22.4 Å². The van der Waals surface area contributed by atoms with Gasteiger partial charge in [-0.25, -0.2) is 15.0 Å². The van der Waals surface area contributed by atoms with Gasteiger partial charge in [0.05, 0.1) is 29.5 Å². The van der Waals surface area contributed by atoms with E-state index in [0.717, 1.165) is 54.1 Å². The largest absolute Gasteiger partial charge is 0.383 e. The lowest BCUT2D eigenvalue weighted by Gasteiger charge is -2.32. The average molecular weight is 468 g/mol. The van der Waals surface area contributed by atoms with Crippen molar-refractivity contribution in [3.63, 3.8) is 0 Å². The van der Waals surface area contributed by atoms with Crippen LogP contribution in [0, 0.1) is 5.41 Å². The molecule has 10 heteroatoms. The van der Waals surface area contributed by atoms with Gasteiger partial charge >= 0.3 is 0 Å². The molecule has 0 saturated carbocycles. The van der Waals surface area contributed by atoms with Crippen LogP contribution in [0.15, 0.2) is 18.6 Å². The van der Waals surface area contributed by atoms with E-state index in [1.807, 2.05) is 19.9 Å². The van der Waals surface area contributed by atoms with E-state index in [4.69, 9.17) is 15.9 Å². The zero-order valence-corrected chi connectivity index (χ0v) is 19.7. The summed E-state index contributed by atoms with van der Waals surface area (Å²) in [6.45, 7) is 5.42. The van der Waals surface area contributed by atoms with Gasteiger partial charge in [-0.05, 0) is 51.2 Å². The summed E-state index contributed by atoms with van der Waals surface area (Å²) < 4.78 is 5.42. The van der Waals surface area contributed by atoms with Crippen molar-refractivity contribution in [2.24, 2.45) is 0 Å². The first-order valence-corrected chi connectivity index (χ1v) is 11.9. The highest BCUT2D eigenvalue weighted by Crippen LogP contribution is 2.38. The van der Waals surface area contributed by atoms with Gasteiger partial charge in [-0.1, -0.05) is 0 Å². The Hall–Kier alpha value is -3.11. The van der Waals surface area contributed by atoms with Gasteiger partial charge in [-0.2, -0.15) is 0 Å². The highest BCUT2D eigenvalue weighted by Gasteiger charge is 2.21. The Balaban J connectivity index is 0.000000219. The van der Waals surface area contributed by atoms with Gasteiger partial charge in [0.15, 0.2) is 0 Å². The molecule has 3 aromatic rings. The molecule has 9 nitrogen and oxygen atoms in total. The van der Waals surface area contributed by atoms with E-state index in [9.17, 15) is 4.79 Å². The lowest BCUT2D eigenvalue weighted by Crippen LogP contribution is -2.44. The lowest BCUT2D eigenvalue weighted by atomic mass is 9.97. The number of nitrogen functional groups attached to an aromatic ring is 1. The van der Waals surface area contributed by atoms with Crippen LogP contribution in [0.3, 0.4) is 0 Å². The number of hydrogen-bond donors (Lipinski definition) is 3. The Morgan fingerprint density at radius 3 is 2.70 bits per heavy atom. The second-order valence-electron chi connectivity index (χ2n) is 8.40. The number of carbonyl (C=O) groups excluding carboxylic acids is 1. The third kappa shape index (κ3) is 5.28. The summed E-state index contributed by atoms with van der Waals surface area (Å²) in [7, 11) is 0. The van der Waals surface area contributed by atoms with Crippen LogP contribution >= 0.6 is 11.3 Å². The summed E-state index contributed by atoms with van der Waals surface area (Å²) in [6.07, 6.45) is 10.4. The lowest BCUT2D eigenvalue weighted by molar-refractivity contribution is -0.130. The van der Waals surface area contributed by atoms with Crippen molar-refractivity contribution < 1.29 is 9.53 Å². The molecule has 0 radical (unpaired) electrons. The van der Waals surface area contributed by atoms with Crippen molar-refractivity contribution in [3.05, 3.63) is 34.6 Å². The molecule has 2 atom stereocenters. The number of hydrogen-bond acceptors (Lipinski definition) is 9. The van der Waals surface area contributed by atoms with E-state index in [1.165, 1.54) is 29.5 Å². The van der Waals surface area contributed by atoms with Crippen molar-refractivity contribution in [2.45, 2.75) is 51.7 Å². The number of nitrogens with two attached hydrogens (primary N) is 1. The third-order valence-corrected chi connectivity index (χ3v) is 6.92. The number of carbonyl (C=O) groups is 1. The predicted octanol–water partition coefficient (Wildman–Crippen LogP) is 3.54. The number of anilines is 3. The highest BCUT2D eigenvalue weighted by molar-refractivity contribution is 7.19. The number of aryl methyl sites for hydroxylation is 2. The first kappa shape index (κ1) is 23.1. The fourth-order valence-electron chi connectivity index (χ4n) is 4.30. The van der Waals surface area contributed by atoms with Crippen molar-refractivity contribution in [2.75, 3.05) is 24.1 Å². The van der Waals surface area contributed by atoms with Crippen molar-refractivity contribution >= 4 is 51.5 Å². The number of nitrogens with one attached hydrogen (secondary N) is 2. The SMILES string of the molecule is CC1CN(C=O)CC(C)O1.N=Cc1cc(Nc2ncnc3sc4c(c23)CCCC4)cnc1N. The minimum Gasteiger partial charge on any atom is -0.383 e. The molecule has 0 bridgehead atoms. The molecule has 3 aromatic heterocycles. The van der Waals surface area contributed by atoms with E-state index in [1.54, 1.807) is 28.8 Å². The van der Waals surface area contributed by atoms with Gasteiger partial charge in [0.25, 0.3) is 0 Å². The first-order valence-electron chi connectivity index (χ1n) is 11.1. The number of aromatic nitrogens is 3. The molecule has 2 aliphatic rings. The van der Waals surface area contributed by atoms with E-state index in [0.29, 0.717) is 11.4 Å². The second-order valence-corrected chi connectivity index (χ2v) is 9.48. The van der Waals surface area contributed by atoms with Crippen LogP contribution in [-0.4, -0.2) is 57.8 Å². The molecule has 4 N–H and O–H groups in total. The molecule has 174 valence electrons. The first-order chi connectivity index (χ1) is 16.0. The summed E-state index contributed by atoms with van der Waals surface area (Å²) in [5.41, 5.74) is 8.49. The Bertz CT molecular complexity index is 1140. The van der Waals surface area contributed by atoms with E-state index in [-0.39, 0.29) is 12.2 Å². The number of thiophene rings is 1. The quantitative estimate of drug-likeness (QED) is 0.395. The third-order valence-electron chi connectivity index (χ3n) is 5.72. The fourth-order valence-corrected chi connectivity index (χ4v) is 5.53. The van der Waals surface area contributed by atoms with Gasteiger partial charge in [0.1, 0.15) is 22.8 Å². The summed E-state index contributed by atoms with van der Waals surface area (Å²) >= 11 is 1.77. The Kier molecular flexibility index (Phi) is 7.14. The summed E-state index contributed by atoms with van der Waals surface area (Å²) in [6, 6.07) is 1.81. The topological polar surface area (TPSA) is 130 Å². The number of fused-ring (bicyclic) bond motifs is 3. The fraction of sp³-hybridized carbons (Fsp3) is 0.435. The number of pyridine rings is 1. The van der Waals surface area contributed by atoms with Crippen molar-refractivity contribution in [1.82, 2.24) is 19.9 Å². The van der Waals surface area contributed by atoms with Crippen molar-refractivity contribution in [3.8, 4) is 0 Å². The Morgan fingerprint density at radius 2 is 1.97 bits per heavy atom. The maximum absolute atomic E-state index is 10.3. The molecular formula is C23H29N7O2S. The number of ether oxygens (including phenoxy) is 1. The van der Waals surface area contributed by atoms with Crippen LogP contribution in [0.2, 0.25) is 0 Å². The monoisotopic (exact) mass is 467 g/mol. The van der Waals surface area contributed by atoms with Gasteiger partial charge in [-0.15, -0.1) is 11.3 Å². The molecule has 1 saturated heterocycles. The van der Waals surface area contributed by atoms with Crippen LogP contribution in [0.25, 0.3) is 10.2 Å². The molecule has 1 aliphatic heterocycles. The molecule has 33 heavy (non-hydrogen) atoms. The Morgan fingerprint density at radius 1 is 1.21 bits per heavy atom. The van der Waals surface area contributed by atoms with E-state index in [2.05, 4.69) is 20.3 Å². The average Bonchev–Trinajstić information content (AvgIpc) is 3.19.